The van der Waals surface area contributed by atoms with Crippen molar-refractivity contribution >= 4 is 23.9 Å². The Morgan fingerprint density at radius 1 is 0.842 bits per heavy atom. The van der Waals surface area contributed by atoms with Gasteiger partial charge in [-0.25, -0.2) is 0 Å². The van der Waals surface area contributed by atoms with Gasteiger partial charge < -0.3 is 19.7 Å². The fourth-order valence-electron chi connectivity index (χ4n) is 1.29. The Hall–Kier alpha value is -2.12. The Morgan fingerprint density at radius 3 is 1.37 bits per heavy atom. The average Bonchev–Trinajstić information content (AvgIpc) is 2.25. The van der Waals surface area contributed by atoms with Gasteiger partial charge in [0.15, 0.2) is 0 Å². The summed E-state index contributed by atoms with van der Waals surface area (Å²) in [7, 11) is 0. The average molecular weight is 276 g/mol. The lowest BCUT2D eigenvalue weighted by Crippen LogP contribution is -2.39. The van der Waals surface area contributed by atoms with Crippen LogP contribution in [0.4, 0.5) is 0 Å². The Labute approximate surface area is 109 Å². The molecule has 0 aliphatic heterocycles. The van der Waals surface area contributed by atoms with Crippen molar-refractivity contribution in [1.29, 1.82) is 0 Å². The molecule has 0 fully saturated rings. The van der Waals surface area contributed by atoms with Gasteiger partial charge in [-0.1, -0.05) is 13.8 Å². The van der Waals surface area contributed by atoms with Gasteiger partial charge in [0.05, 0.1) is 0 Å². The second kappa shape index (κ2) is 7.34. The molecule has 0 aliphatic carbocycles. The molecule has 0 saturated heterocycles. The van der Waals surface area contributed by atoms with E-state index in [4.69, 9.17) is 19.7 Å². The predicted molar refractivity (Wildman–Crippen MR) is 60.0 cm³/mol. The molecule has 0 atom stereocenters. The van der Waals surface area contributed by atoms with Crippen LogP contribution in [0.3, 0.4) is 0 Å². The lowest BCUT2D eigenvalue weighted by atomic mass is 10.1. The SMILES string of the molecule is CCC(CC)(OC(=O)CC(=O)O)OC(=O)CC(=O)O. The Bertz CT molecular complexity index is 337. The highest BCUT2D eigenvalue weighted by Crippen LogP contribution is 2.23. The summed E-state index contributed by atoms with van der Waals surface area (Å²) < 4.78 is 9.69. The number of rotatable bonds is 8. The van der Waals surface area contributed by atoms with E-state index in [0.717, 1.165) is 0 Å². The first-order valence-electron chi connectivity index (χ1n) is 5.62. The van der Waals surface area contributed by atoms with E-state index in [1.54, 1.807) is 13.8 Å². The molecule has 0 bridgehead atoms. The van der Waals surface area contributed by atoms with Gasteiger partial charge in [0.25, 0.3) is 5.79 Å². The van der Waals surface area contributed by atoms with E-state index in [0.29, 0.717) is 0 Å². The molecule has 0 aromatic heterocycles. The van der Waals surface area contributed by atoms with Crippen LogP contribution in [-0.2, 0) is 28.7 Å². The molecule has 8 heteroatoms. The summed E-state index contributed by atoms with van der Waals surface area (Å²) in [4.78, 5) is 43.3. The van der Waals surface area contributed by atoms with Crippen LogP contribution in [0.2, 0.25) is 0 Å². The molecule has 2 N–H and O–H groups in total. The Morgan fingerprint density at radius 2 is 1.16 bits per heavy atom. The molecule has 0 saturated carbocycles. The minimum absolute atomic E-state index is 0.0835. The first kappa shape index (κ1) is 16.9. The van der Waals surface area contributed by atoms with Crippen LogP contribution in [0.25, 0.3) is 0 Å². The highest BCUT2D eigenvalue weighted by Gasteiger charge is 2.35. The fraction of sp³-hybridized carbons (Fsp3) is 0.636. The topological polar surface area (TPSA) is 127 Å². The highest BCUT2D eigenvalue weighted by molar-refractivity contribution is 5.91. The molecule has 0 aromatic rings. The number of carbonyl (C=O) groups excluding carboxylic acids is 2. The number of hydrogen-bond acceptors (Lipinski definition) is 6. The monoisotopic (exact) mass is 276 g/mol. The number of aliphatic carboxylic acids is 2. The van der Waals surface area contributed by atoms with Gasteiger partial charge in [0, 0.05) is 12.8 Å². The smallest absolute Gasteiger partial charge is 0.320 e. The molecule has 0 rings (SSSR count). The van der Waals surface area contributed by atoms with E-state index < -0.39 is 42.5 Å². The van der Waals surface area contributed by atoms with Crippen molar-refractivity contribution < 1.29 is 38.9 Å². The van der Waals surface area contributed by atoms with Crippen molar-refractivity contribution in [1.82, 2.24) is 0 Å². The highest BCUT2D eigenvalue weighted by atomic mass is 16.7. The predicted octanol–water partition coefficient (Wildman–Crippen LogP) is 0.538. The summed E-state index contributed by atoms with van der Waals surface area (Å²) in [6.07, 6.45) is -1.56. The first-order chi connectivity index (χ1) is 8.74. The number of hydrogen-bond donors (Lipinski definition) is 2. The molecule has 8 nitrogen and oxygen atoms in total. The molecule has 0 aromatic carbocycles. The summed E-state index contributed by atoms with van der Waals surface area (Å²) in [6, 6.07) is 0. The minimum Gasteiger partial charge on any atom is -0.481 e. The quantitative estimate of drug-likeness (QED) is 0.373. The number of carbonyl (C=O) groups is 4. The molecule has 0 spiro atoms. The van der Waals surface area contributed by atoms with Gasteiger partial charge in [0.1, 0.15) is 12.8 Å². The van der Waals surface area contributed by atoms with Crippen LogP contribution in [0.5, 0.6) is 0 Å². The second-order valence-corrected chi connectivity index (χ2v) is 3.71. The third-order valence-corrected chi connectivity index (χ3v) is 2.27. The van der Waals surface area contributed by atoms with Gasteiger partial charge in [-0.2, -0.15) is 0 Å². The van der Waals surface area contributed by atoms with Crippen LogP contribution >= 0.6 is 0 Å². The van der Waals surface area contributed by atoms with E-state index in [1.807, 2.05) is 0 Å². The zero-order valence-electron chi connectivity index (χ0n) is 10.7. The fourth-order valence-corrected chi connectivity index (χ4v) is 1.29. The zero-order chi connectivity index (χ0) is 15.1. The van der Waals surface area contributed by atoms with Crippen molar-refractivity contribution in [2.24, 2.45) is 0 Å². The molecule has 0 heterocycles. The molecular formula is C11H16O8. The summed E-state index contributed by atoms with van der Waals surface area (Å²) in [5.41, 5.74) is 0. The van der Waals surface area contributed by atoms with Crippen molar-refractivity contribution in [2.45, 2.75) is 45.3 Å². The lowest BCUT2D eigenvalue weighted by molar-refractivity contribution is -0.231. The van der Waals surface area contributed by atoms with Crippen molar-refractivity contribution in [2.75, 3.05) is 0 Å². The van der Waals surface area contributed by atoms with Gasteiger partial charge >= 0.3 is 23.9 Å². The van der Waals surface area contributed by atoms with Gasteiger partial charge in [-0.15, -0.1) is 0 Å². The van der Waals surface area contributed by atoms with Crippen LogP contribution in [0.15, 0.2) is 0 Å². The van der Waals surface area contributed by atoms with E-state index in [1.165, 1.54) is 0 Å². The van der Waals surface area contributed by atoms with Crippen molar-refractivity contribution in [3.63, 3.8) is 0 Å². The maximum Gasteiger partial charge on any atom is 0.320 e. The van der Waals surface area contributed by atoms with Gasteiger partial charge in [-0.3, -0.25) is 19.2 Å². The summed E-state index contributed by atoms with van der Waals surface area (Å²) in [5.74, 6) is -6.48. The summed E-state index contributed by atoms with van der Waals surface area (Å²) in [5, 5.41) is 16.9. The third-order valence-electron chi connectivity index (χ3n) is 2.27. The summed E-state index contributed by atoms with van der Waals surface area (Å²) in [6.45, 7) is 3.12. The standard InChI is InChI=1S/C11H16O8/c1-3-11(4-2,18-9(16)5-7(12)13)19-10(17)6-8(14)15/h3-6H2,1-2H3,(H,12,13)(H,14,15). The Balaban J connectivity index is 4.74. The molecular weight excluding hydrogens is 260 g/mol. The number of esters is 2. The minimum atomic E-state index is -1.63. The number of ether oxygens (including phenoxy) is 2. The maximum absolute atomic E-state index is 11.3. The molecule has 108 valence electrons. The largest absolute Gasteiger partial charge is 0.481 e. The lowest BCUT2D eigenvalue weighted by Gasteiger charge is -2.30. The van der Waals surface area contributed by atoms with E-state index in [2.05, 4.69) is 0 Å². The van der Waals surface area contributed by atoms with Crippen LogP contribution in [-0.4, -0.2) is 39.9 Å². The van der Waals surface area contributed by atoms with Crippen LogP contribution in [0, 0.1) is 0 Å². The number of carboxylic acid groups (broad SMARTS) is 2. The molecule has 0 unspecified atom stereocenters. The zero-order valence-corrected chi connectivity index (χ0v) is 10.7. The number of carboxylic acids is 2. The Kier molecular flexibility index (Phi) is 6.53. The maximum atomic E-state index is 11.3. The van der Waals surface area contributed by atoms with E-state index >= 15 is 0 Å². The third kappa shape index (κ3) is 6.39. The van der Waals surface area contributed by atoms with Crippen molar-refractivity contribution in [3.05, 3.63) is 0 Å². The second-order valence-electron chi connectivity index (χ2n) is 3.71. The van der Waals surface area contributed by atoms with E-state index in [-0.39, 0.29) is 12.8 Å². The normalized spacial score (nSPS) is 10.6. The first-order valence-corrected chi connectivity index (χ1v) is 5.62. The molecule has 19 heavy (non-hydrogen) atoms. The molecule has 0 radical (unpaired) electrons. The van der Waals surface area contributed by atoms with Crippen LogP contribution < -0.4 is 0 Å². The summed E-state index contributed by atoms with van der Waals surface area (Å²) >= 11 is 0. The molecule has 0 aliphatic rings. The molecule has 0 amide bonds. The van der Waals surface area contributed by atoms with Gasteiger partial charge in [0.2, 0.25) is 0 Å². The van der Waals surface area contributed by atoms with Crippen LogP contribution in [0.1, 0.15) is 39.5 Å². The van der Waals surface area contributed by atoms with Gasteiger partial charge in [-0.05, 0) is 0 Å². The van der Waals surface area contributed by atoms with Crippen molar-refractivity contribution in [3.8, 4) is 0 Å². The van der Waals surface area contributed by atoms with E-state index in [9.17, 15) is 19.2 Å².